The van der Waals surface area contributed by atoms with Crippen LogP contribution < -0.4 is 4.74 Å². The van der Waals surface area contributed by atoms with Crippen LogP contribution in [0, 0.1) is 0 Å². The Bertz CT molecular complexity index is 559. The minimum absolute atomic E-state index is 0.141. The summed E-state index contributed by atoms with van der Waals surface area (Å²) in [5.74, 6) is -0.850. The van der Waals surface area contributed by atoms with Crippen molar-refractivity contribution in [1.29, 1.82) is 0 Å². The molecule has 7 nitrogen and oxygen atoms in total. The second-order valence-corrected chi connectivity index (χ2v) is 5.73. The van der Waals surface area contributed by atoms with Crippen LogP contribution in [0.2, 0.25) is 0 Å². The van der Waals surface area contributed by atoms with Gasteiger partial charge in [0, 0.05) is 10.9 Å². The number of hydrogen-bond donors (Lipinski definition) is 0. The molecule has 1 rings (SSSR count). The zero-order valence-corrected chi connectivity index (χ0v) is 15.2. The average molecular weight is 402 g/mol. The SMILES string of the molecule is COC(=O)CN(CC(=O)OC)C(=O)CCCOc1cccc(Br)c1. The van der Waals surface area contributed by atoms with E-state index in [2.05, 4.69) is 25.4 Å². The third-order valence-electron chi connectivity index (χ3n) is 3.05. The van der Waals surface area contributed by atoms with Gasteiger partial charge in [-0.05, 0) is 24.6 Å². The summed E-state index contributed by atoms with van der Waals surface area (Å²) in [6.45, 7) is -0.250. The second-order valence-electron chi connectivity index (χ2n) is 4.81. The Morgan fingerprint density at radius 3 is 2.25 bits per heavy atom. The summed E-state index contributed by atoms with van der Waals surface area (Å²) in [5.41, 5.74) is 0. The summed E-state index contributed by atoms with van der Waals surface area (Å²) in [6.07, 6.45) is 0.589. The number of esters is 2. The standard InChI is InChI=1S/C16H20BrNO6/c1-22-15(20)10-18(11-16(21)23-2)14(19)7-4-8-24-13-6-3-5-12(17)9-13/h3,5-6,9H,4,7-8,10-11H2,1-2H3. The summed E-state index contributed by atoms with van der Waals surface area (Å²) in [6, 6.07) is 7.36. The average Bonchev–Trinajstić information content (AvgIpc) is 2.57. The predicted molar refractivity (Wildman–Crippen MR) is 89.5 cm³/mol. The van der Waals surface area contributed by atoms with Gasteiger partial charge in [0.05, 0.1) is 20.8 Å². The first-order valence-electron chi connectivity index (χ1n) is 7.26. The summed E-state index contributed by atoms with van der Waals surface area (Å²) in [7, 11) is 2.43. The quantitative estimate of drug-likeness (QED) is 0.463. The molecule has 0 aliphatic heterocycles. The maximum Gasteiger partial charge on any atom is 0.325 e. The maximum absolute atomic E-state index is 12.2. The lowest BCUT2D eigenvalue weighted by Crippen LogP contribution is -2.40. The van der Waals surface area contributed by atoms with Crippen LogP contribution in [0.3, 0.4) is 0 Å². The highest BCUT2D eigenvalue weighted by molar-refractivity contribution is 9.10. The molecule has 0 heterocycles. The summed E-state index contributed by atoms with van der Waals surface area (Å²) < 4.78 is 15.5. The van der Waals surface area contributed by atoms with E-state index in [4.69, 9.17) is 4.74 Å². The van der Waals surface area contributed by atoms with Crippen molar-refractivity contribution in [2.75, 3.05) is 33.9 Å². The second kappa shape index (κ2) is 10.6. The van der Waals surface area contributed by atoms with Gasteiger partial charge in [-0.1, -0.05) is 22.0 Å². The highest BCUT2D eigenvalue weighted by Crippen LogP contribution is 2.17. The van der Waals surface area contributed by atoms with Gasteiger partial charge < -0.3 is 19.1 Å². The van der Waals surface area contributed by atoms with Gasteiger partial charge in [0.1, 0.15) is 18.8 Å². The van der Waals surface area contributed by atoms with Gasteiger partial charge in [0.25, 0.3) is 0 Å². The summed E-state index contributed by atoms with van der Waals surface area (Å²) >= 11 is 3.34. The number of carbonyl (C=O) groups excluding carboxylic acids is 3. The third-order valence-corrected chi connectivity index (χ3v) is 3.54. The van der Waals surface area contributed by atoms with Crippen LogP contribution in [0.5, 0.6) is 5.75 Å². The van der Waals surface area contributed by atoms with E-state index in [-0.39, 0.29) is 25.4 Å². The lowest BCUT2D eigenvalue weighted by atomic mass is 10.2. The molecule has 0 saturated heterocycles. The Hall–Kier alpha value is -2.09. The van der Waals surface area contributed by atoms with Crippen LogP contribution in [0.25, 0.3) is 0 Å². The van der Waals surface area contributed by atoms with Crippen molar-refractivity contribution in [3.8, 4) is 5.75 Å². The summed E-state index contributed by atoms with van der Waals surface area (Å²) in [4.78, 5) is 36.0. The molecular weight excluding hydrogens is 382 g/mol. The van der Waals surface area contributed by atoms with Crippen LogP contribution in [-0.4, -0.2) is 56.7 Å². The Morgan fingerprint density at radius 1 is 1.08 bits per heavy atom. The van der Waals surface area contributed by atoms with E-state index >= 15 is 0 Å². The Balaban J connectivity index is 2.45. The van der Waals surface area contributed by atoms with Crippen molar-refractivity contribution in [2.24, 2.45) is 0 Å². The van der Waals surface area contributed by atoms with Gasteiger partial charge in [0.15, 0.2) is 0 Å². The maximum atomic E-state index is 12.2. The molecule has 0 aliphatic rings. The molecule has 0 saturated carbocycles. The first-order valence-corrected chi connectivity index (χ1v) is 8.05. The van der Waals surface area contributed by atoms with E-state index in [0.29, 0.717) is 18.8 Å². The van der Waals surface area contributed by atoms with Crippen molar-refractivity contribution in [1.82, 2.24) is 4.90 Å². The molecule has 0 unspecified atom stereocenters. The van der Waals surface area contributed by atoms with E-state index in [1.54, 1.807) is 0 Å². The normalized spacial score (nSPS) is 9.96. The number of rotatable bonds is 9. The largest absolute Gasteiger partial charge is 0.494 e. The molecule has 132 valence electrons. The smallest absolute Gasteiger partial charge is 0.325 e. The molecule has 0 atom stereocenters. The minimum Gasteiger partial charge on any atom is -0.494 e. The van der Waals surface area contributed by atoms with E-state index in [1.165, 1.54) is 14.2 Å². The first kappa shape index (κ1) is 20.0. The number of carbonyl (C=O) groups is 3. The number of hydrogen-bond acceptors (Lipinski definition) is 6. The minimum atomic E-state index is -0.599. The number of benzene rings is 1. The van der Waals surface area contributed by atoms with Crippen LogP contribution in [-0.2, 0) is 23.9 Å². The topological polar surface area (TPSA) is 82.1 Å². The molecule has 1 aromatic carbocycles. The molecule has 1 aromatic rings. The predicted octanol–water partition coefficient (Wildman–Crippen LogP) is 1.78. The van der Waals surface area contributed by atoms with E-state index in [9.17, 15) is 14.4 Å². The highest BCUT2D eigenvalue weighted by atomic mass is 79.9. The molecule has 0 aliphatic carbocycles. The number of ether oxygens (including phenoxy) is 3. The third kappa shape index (κ3) is 7.45. The monoisotopic (exact) mass is 401 g/mol. The molecule has 24 heavy (non-hydrogen) atoms. The van der Waals surface area contributed by atoms with Gasteiger partial charge in [-0.15, -0.1) is 0 Å². The molecule has 1 amide bonds. The molecule has 0 N–H and O–H groups in total. The highest BCUT2D eigenvalue weighted by Gasteiger charge is 2.20. The van der Waals surface area contributed by atoms with Gasteiger partial charge in [-0.25, -0.2) is 0 Å². The first-order chi connectivity index (χ1) is 11.5. The van der Waals surface area contributed by atoms with Crippen molar-refractivity contribution in [3.05, 3.63) is 28.7 Å². The van der Waals surface area contributed by atoms with Gasteiger partial charge in [-0.2, -0.15) is 0 Å². The van der Waals surface area contributed by atoms with Gasteiger partial charge in [-0.3, -0.25) is 14.4 Å². The number of methoxy groups -OCH3 is 2. The molecule has 0 spiro atoms. The molecule has 0 aromatic heterocycles. The molecule has 0 radical (unpaired) electrons. The number of halogens is 1. The number of amides is 1. The molecule has 8 heteroatoms. The van der Waals surface area contributed by atoms with Crippen molar-refractivity contribution in [2.45, 2.75) is 12.8 Å². The Labute approximate surface area is 149 Å². The van der Waals surface area contributed by atoms with Crippen molar-refractivity contribution in [3.63, 3.8) is 0 Å². The van der Waals surface area contributed by atoms with Crippen LogP contribution in [0.15, 0.2) is 28.7 Å². The lowest BCUT2D eigenvalue weighted by Gasteiger charge is -2.20. The van der Waals surface area contributed by atoms with Gasteiger partial charge >= 0.3 is 11.9 Å². The summed E-state index contributed by atoms with van der Waals surface area (Å²) in [5, 5.41) is 0. The van der Waals surface area contributed by atoms with Crippen LogP contribution in [0.4, 0.5) is 0 Å². The molecule has 0 bridgehead atoms. The Morgan fingerprint density at radius 2 is 1.71 bits per heavy atom. The fourth-order valence-corrected chi connectivity index (χ4v) is 2.18. The fourth-order valence-electron chi connectivity index (χ4n) is 1.80. The fraction of sp³-hybridized carbons (Fsp3) is 0.438. The van der Waals surface area contributed by atoms with Crippen molar-refractivity contribution < 1.29 is 28.6 Å². The zero-order valence-electron chi connectivity index (χ0n) is 13.6. The number of nitrogens with zero attached hydrogens (tertiary/aromatic N) is 1. The van der Waals surface area contributed by atoms with E-state index in [0.717, 1.165) is 9.37 Å². The lowest BCUT2D eigenvalue weighted by molar-refractivity contribution is -0.152. The van der Waals surface area contributed by atoms with Crippen LogP contribution >= 0.6 is 15.9 Å². The molecular formula is C16H20BrNO6. The van der Waals surface area contributed by atoms with E-state index in [1.807, 2.05) is 24.3 Å². The Kier molecular flexibility index (Phi) is 8.85. The van der Waals surface area contributed by atoms with E-state index < -0.39 is 11.9 Å². The van der Waals surface area contributed by atoms with Gasteiger partial charge in [0.2, 0.25) is 5.91 Å². The van der Waals surface area contributed by atoms with Crippen molar-refractivity contribution >= 4 is 33.8 Å². The molecule has 0 fully saturated rings. The van der Waals surface area contributed by atoms with Crippen LogP contribution in [0.1, 0.15) is 12.8 Å². The zero-order chi connectivity index (χ0) is 17.9.